The number of ether oxygens (including phenoxy) is 1. The molecule has 0 heterocycles. The Kier molecular flexibility index (Phi) is 5.12. The van der Waals surface area contributed by atoms with Gasteiger partial charge in [0.15, 0.2) is 0 Å². The van der Waals surface area contributed by atoms with Crippen molar-refractivity contribution in [2.24, 2.45) is 5.73 Å². The Labute approximate surface area is 99.9 Å². The number of halogens is 1. The van der Waals surface area contributed by atoms with Gasteiger partial charge in [0.1, 0.15) is 5.75 Å². The normalized spacial score (nSPS) is 12.5. The quantitative estimate of drug-likeness (QED) is 0.888. The zero-order valence-corrected chi connectivity index (χ0v) is 10.9. The molecule has 2 nitrogen and oxygen atoms in total. The highest BCUT2D eigenvalue weighted by Gasteiger charge is 2.11. The molecule has 1 rings (SSSR count). The predicted molar refractivity (Wildman–Crippen MR) is 67.1 cm³/mol. The number of methoxy groups -OCH3 is 1. The van der Waals surface area contributed by atoms with Crippen molar-refractivity contribution in [1.82, 2.24) is 0 Å². The van der Waals surface area contributed by atoms with Crippen molar-refractivity contribution in [1.29, 1.82) is 0 Å². The molecule has 0 bridgehead atoms. The Morgan fingerprint density at radius 2 is 2.20 bits per heavy atom. The Morgan fingerprint density at radius 1 is 1.47 bits per heavy atom. The second kappa shape index (κ2) is 6.13. The molecule has 0 saturated heterocycles. The van der Waals surface area contributed by atoms with Crippen LogP contribution in [0.1, 0.15) is 37.8 Å². The lowest BCUT2D eigenvalue weighted by Gasteiger charge is -2.15. The monoisotopic (exact) mass is 271 g/mol. The van der Waals surface area contributed by atoms with Gasteiger partial charge in [0.05, 0.1) is 7.11 Å². The van der Waals surface area contributed by atoms with Crippen LogP contribution in [0.5, 0.6) is 5.75 Å². The molecule has 0 aliphatic heterocycles. The molecule has 3 heteroatoms. The molecule has 1 aromatic carbocycles. The smallest absolute Gasteiger partial charge is 0.123 e. The first-order chi connectivity index (χ1) is 7.19. The first-order valence-corrected chi connectivity index (χ1v) is 6.07. The van der Waals surface area contributed by atoms with Crippen LogP contribution in [0.4, 0.5) is 0 Å². The number of hydrogen-bond donors (Lipinski definition) is 1. The molecule has 15 heavy (non-hydrogen) atoms. The first-order valence-electron chi connectivity index (χ1n) is 5.28. The number of benzene rings is 1. The topological polar surface area (TPSA) is 35.2 Å². The van der Waals surface area contributed by atoms with E-state index in [2.05, 4.69) is 22.9 Å². The molecule has 0 amide bonds. The molecular weight excluding hydrogens is 254 g/mol. The van der Waals surface area contributed by atoms with E-state index in [1.54, 1.807) is 7.11 Å². The van der Waals surface area contributed by atoms with E-state index in [0.29, 0.717) is 0 Å². The molecule has 0 spiro atoms. The first kappa shape index (κ1) is 12.5. The van der Waals surface area contributed by atoms with Crippen LogP contribution in [-0.2, 0) is 0 Å². The minimum absolute atomic E-state index is 0.0670. The lowest BCUT2D eigenvalue weighted by Crippen LogP contribution is -2.11. The highest BCUT2D eigenvalue weighted by molar-refractivity contribution is 9.10. The minimum atomic E-state index is 0.0670. The average molecular weight is 272 g/mol. The van der Waals surface area contributed by atoms with Crippen molar-refractivity contribution in [2.75, 3.05) is 7.11 Å². The van der Waals surface area contributed by atoms with Gasteiger partial charge < -0.3 is 10.5 Å². The fraction of sp³-hybridized carbons (Fsp3) is 0.500. The van der Waals surface area contributed by atoms with Gasteiger partial charge in [-0.2, -0.15) is 0 Å². The maximum atomic E-state index is 6.13. The van der Waals surface area contributed by atoms with Crippen LogP contribution in [-0.4, -0.2) is 7.11 Å². The summed E-state index contributed by atoms with van der Waals surface area (Å²) in [5.74, 6) is 0.877. The lowest BCUT2D eigenvalue weighted by atomic mass is 10.0. The zero-order valence-electron chi connectivity index (χ0n) is 9.29. The van der Waals surface area contributed by atoms with Crippen LogP contribution in [0.25, 0.3) is 0 Å². The third-order valence-electron chi connectivity index (χ3n) is 2.46. The van der Waals surface area contributed by atoms with Gasteiger partial charge in [-0.15, -0.1) is 0 Å². The summed E-state index contributed by atoms with van der Waals surface area (Å²) >= 11 is 3.45. The van der Waals surface area contributed by atoms with Gasteiger partial charge >= 0.3 is 0 Å². The van der Waals surface area contributed by atoms with E-state index in [4.69, 9.17) is 10.5 Å². The van der Waals surface area contributed by atoms with Crippen LogP contribution < -0.4 is 10.5 Å². The number of rotatable bonds is 5. The summed E-state index contributed by atoms with van der Waals surface area (Å²) in [6.45, 7) is 2.17. The van der Waals surface area contributed by atoms with Gasteiger partial charge in [0.2, 0.25) is 0 Å². The van der Waals surface area contributed by atoms with Crippen LogP contribution in [0.3, 0.4) is 0 Å². The van der Waals surface area contributed by atoms with Crippen molar-refractivity contribution >= 4 is 15.9 Å². The van der Waals surface area contributed by atoms with Crippen LogP contribution in [0, 0.1) is 0 Å². The maximum Gasteiger partial charge on any atom is 0.123 e. The summed E-state index contributed by atoms with van der Waals surface area (Å²) < 4.78 is 6.35. The molecular formula is C12H18BrNO. The molecule has 0 saturated carbocycles. The van der Waals surface area contributed by atoms with Crippen molar-refractivity contribution in [3.8, 4) is 5.75 Å². The van der Waals surface area contributed by atoms with E-state index in [1.165, 1.54) is 6.42 Å². The second-order valence-electron chi connectivity index (χ2n) is 3.63. The van der Waals surface area contributed by atoms with Crippen molar-refractivity contribution in [3.63, 3.8) is 0 Å². The van der Waals surface area contributed by atoms with Crippen molar-refractivity contribution < 1.29 is 4.74 Å². The van der Waals surface area contributed by atoms with Gasteiger partial charge in [-0.1, -0.05) is 35.7 Å². The fourth-order valence-corrected chi connectivity index (χ4v) is 1.95. The minimum Gasteiger partial charge on any atom is -0.496 e. The van der Waals surface area contributed by atoms with Crippen LogP contribution in [0.15, 0.2) is 22.7 Å². The highest BCUT2D eigenvalue weighted by Crippen LogP contribution is 2.29. The van der Waals surface area contributed by atoms with E-state index in [9.17, 15) is 0 Å². The van der Waals surface area contributed by atoms with E-state index >= 15 is 0 Å². The number of hydrogen-bond acceptors (Lipinski definition) is 2. The summed E-state index contributed by atoms with van der Waals surface area (Å²) in [5, 5.41) is 0. The molecule has 0 aromatic heterocycles. The van der Waals surface area contributed by atoms with E-state index < -0.39 is 0 Å². The van der Waals surface area contributed by atoms with Gasteiger partial charge in [0.25, 0.3) is 0 Å². The number of nitrogens with two attached hydrogens (primary N) is 1. The molecule has 0 aliphatic rings. The molecule has 2 N–H and O–H groups in total. The summed E-state index contributed by atoms with van der Waals surface area (Å²) in [6, 6.07) is 6.02. The fourth-order valence-electron chi connectivity index (χ4n) is 1.57. The van der Waals surface area contributed by atoms with E-state index in [-0.39, 0.29) is 6.04 Å². The lowest BCUT2D eigenvalue weighted by molar-refractivity contribution is 0.403. The molecule has 1 unspecified atom stereocenters. The highest BCUT2D eigenvalue weighted by atomic mass is 79.9. The van der Waals surface area contributed by atoms with Crippen LogP contribution in [0.2, 0.25) is 0 Å². The van der Waals surface area contributed by atoms with Gasteiger partial charge in [-0.25, -0.2) is 0 Å². The Balaban J connectivity index is 2.85. The van der Waals surface area contributed by atoms with E-state index in [0.717, 1.165) is 28.6 Å². The van der Waals surface area contributed by atoms with Gasteiger partial charge in [-0.05, 0) is 24.6 Å². The average Bonchev–Trinajstić information content (AvgIpc) is 2.25. The third-order valence-corrected chi connectivity index (χ3v) is 2.95. The van der Waals surface area contributed by atoms with Crippen molar-refractivity contribution in [2.45, 2.75) is 32.2 Å². The van der Waals surface area contributed by atoms with Gasteiger partial charge in [-0.3, -0.25) is 0 Å². The molecule has 0 aliphatic carbocycles. The summed E-state index contributed by atoms with van der Waals surface area (Å²) in [6.07, 6.45) is 3.32. The van der Waals surface area contributed by atoms with E-state index in [1.807, 2.05) is 18.2 Å². The summed E-state index contributed by atoms with van der Waals surface area (Å²) in [4.78, 5) is 0. The van der Waals surface area contributed by atoms with Gasteiger partial charge in [0, 0.05) is 16.1 Å². The number of unbranched alkanes of at least 4 members (excludes halogenated alkanes) is 1. The Bertz CT molecular complexity index is 314. The molecule has 1 atom stereocenters. The molecule has 1 aromatic rings. The summed E-state index contributed by atoms with van der Waals surface area (Å²) in [7, 11) is 1.68. The summed E-state index contributed by atoms with van der Waals surface area (Å²) in [5.41, 5.74) is 7.21. The largest absolute Gasteiger partial charge is 0.496 e. The molecule has 0 radical (unpaired) electrons. The Hall–Kier alpha value is -0.540. The SMILES string of the molecule is CCCCC(N)c1cc(Br)ccc1OC. The Morgan fingerprint density at radius 3 is 2.80 bits per heavy atom. The van der Waals surface area contributed by atoms with Crippen LogP contribution >= 0.6 is 15.9 Å². The zero-order chi connectivity index (χ0) is 11.3. The predicted octanol–water partition coefficient (Wildman–Crippen LogP) is 3.65. The second-order valence-corrected chi connectivity index (χ2v) is 4.55. The maximum absolute atomic E-state index is 6.13. The molecule has 0 fully saturated rings. The van der Waals surface area contributed by atoms with Crippen molar-refractivity contribution in [3.05, 3.63) is 28.2 Å². The molecule has 84 valence electrons. The standard InChI is InChI=1S/C12H18BrNO/c1-3-4-5-11(14)10-8-9(13)6-7-12(10)15-2/h6-8,11H,3-5,14H2,1-2H3. The third kappa shape index (κ3) is 3.50.